The smallest absolute Gasteiger partial charge is 0.367 e. The van der Waals surface area contributed by atoms with E-state index in [1.54, 1.807) is 0 Å². The number of nitrogens with two attached hydrogens (primary N) is 1. The van der Waals surface area contributed by atoms with Crippen LogP contribution < -0.4 is 10.6 Å². The van der Waals surface area contributed by atoms with Gasteiger partial charge in [-0.1, -0.05) is 0 Å². The van der Waals surface area contributed by atoms with Gasteiger partial charge in [-0.3, -0.25) is 0 Å². The fourth-order valence-electron chi connectivity index (χ4n) is 2.65. The molecule has 2 unspecified atom stereocenters. The van der Waals surface area contributed by atoms with Crippen LogP contribution in [-0.4, -0.2) is 25.3 Å². The number of hydrogen-bond donors (Lipinski definition) is 1. The van der Waals surface area contributed by atoms with Gasteiger partial charge in [-0.25, -0.2) is 8.78 Å². The van der Waals surface area contributed by atoms with Gasteiger partial charge < -0.3 is 10.6 Å². The highest BCUT2D eigenvalue weighted by molar-refractivity contribution is 5.48. The van der Waals surface area contributed by atoms with E-state index in [1.807, 2.05) is 0 Å². The molecule has 0 bridgehead atoms. The molecule has 0 spiro atoms. The highest BCUT2D eigenvalue weighted by atomic mass is 19.4. The first-order valence-corrected chi connectivity index (χ1v) is 6.27. The highest BCUT2D eigenvalue weighted by Gasteiger charge is 2.36. The lowest BCUT2D eigenvalue weighted by molar-refractivity contribution is -0.145. The second-order valence-electron chi connectivity index (χ2n) is 5.18. The maximum absolute atomic E-state index is 13.7. The molecule has 0 aromatic heterocycles. The summed E-state index contributed by atoms with van der Waals surface area (Å²) >= 11 is 0. The number of anilines is 1. The Kier molecular flexibility index (Phi) is 4.17. The van der Waals surface area contributed by atoms with Crippen molar-refractivity contribution in [1.29, 1.82) is 0 Å². The Morgan fingerprint density at radius 1 is 1.20 bits per heavy atom. The minimum Gasteiger partial charge on any atom is -0.367 e. The van der Waals surface area contributed by atoms with E-state index in [4.69, 9.17) is 5.73 Å². The topological polar surface area (TPSA) is 29.3 Å². The molecule has 0 amide bonds. The first-order valence-electron chi connectivity index (χ1n) is 6.27. The molecule has 1 aromatic rings. The van der Waals surface area contributed by atoms with Gasteiger partial charge in [0.05, 0.1) is 5.69 Å². The second-order valence-corrected chi connectivity index (χ2v) is 5.18. The van der Waals surface area contributed by atoms with Crippen molar-refractivity contribution in [2.75, 3.05) is 18.0 Å². The molecule has 7 heteroatoms. The van der Waals surface area contributed by atoms with Gasteiger partial charge in [0.15, 0.2) is 0 Å². The molecule has 0 aliphatic carbocycles. The normalized spacial score (nSPS) is 24.0. The number of nitrogens with zero attached hydrogens (tertiary/aromatic N) is 1. The van der Waals surface area contributed by atoms with Crippen molar-refractivity contribution in [2.45, 2.75) is 25.1 Å². The Hall–Kier alpha value is -1.37. The fourth-order valence-corrected chi connectivity index (χ4v) is 2.65. The van der Waals surface area contributed by atoms with Crippen molar-refractivity contribution in [2.24, 2.45) is 11.7 Å². The van der Waals surface area contributed by atoms with Crippen LogP contribution in [-0.2, 0) is 0 Å². The summed E-state index contributed by atoms with van der Waals surface area (Å²) in [5.41, 5.74) is 5.70. The SMILES string of the molecule is NC1CC(CC(F)(F)F)CN(c2cc(F)ccc2F)C1. The molecule has 2 rings (SSSR count). The predicted octanol–water partition coefficient (Wildman–Crippen LogP) is 3.07. The van der Waals surface area contributed by atoms with E-state index in [2.05, 4.69) is 0 Å². The molecular weight excluding hydrogens is 279 g/mol. The van der Waals surface area contributed by atoms with Gasteiger partial charge in [-0.15, -0.1) is 0 Å². The van der Waals surface area contributed by atoms with Crippen molar-refractivity contribution in [1.82, 2.24) is 0 Å². The van der Waals surface area contributed by atoms with Crippen LogP contribution >= 0.6 is 0 Å². The van der Waals surface area contributed by atoms with Crippen molar-refractivity contribution in [3.8, 4) is 0 Å². The Bertz CT molecular complexity index is 474. The van der Waals surface area contributed by atoms with E-state index in [0.29, 0.717) is 0 Å². The lowest BCUT2D eigenvalue weighted by atomic mass is 9.91. The highest BCUT2D eigenvalue weighted by Crippen LogP contribution is 2.32. The Morgan fingerprint density at radius 3 is 2.55 bits per heavy atom. The van der Waals surface area contributed by atoms with Gasteiger partial charge in [-0.2, -0.15) is 13.2 Å². The molecule has 0 radical (unpaired) electrons. The molecule has 0 saturated carbocycles. The second kappa shape index (κ2) is 5.55. The third-order valence-electron chi connectivity index (χ3n) is 3.34. The summed E-state index contributed by atoms with van der Waals surface area (Å²) in [7, 11) is 0. The summed E-state index contributed by atoms with van der Waals surface area (Å²) in [6, 6.07) is 2.43. The number of halogens is 5. The zero-order valence-electron chi connectivity index (χ0n) is 10.6. The zero-order chi connectivity index (χ0) is 14.9. The number of rotatable bonds is 2. The fraction of sp³-hybridized carbons (Fsp3) is 0.538. The summed E-state index contributed by atoms with van der Waals surface area (Å²) in [5.74, 6) is -2.00. The van der Waals surface area contributed by atoms with Gasteiger partial charge in [0.25, 0.3) is 0 Å². The van der Waals surface area contributed by atoms with Crippen molar-refractivity contribution < 1.29 is 22.0 Å². The summed E-state index contributed by atoms with van der Waals surface area (Å²) in [6.07, 6.45) is -5.02. The minimum atomic E-state index is -4.28. The van der Waals surface area contributed by atoms with Crippen LogP contribution in [0.15, 0.2) is 18.2 Å². The van der Waals surface area contributed by atoms with Crippen molar-refractivity contribution >= 4 is 5.69 Å². The van der Waals surface area contributed by atoms with Crippen molar-refractivity contribution in [3.05, 3.63) is 29.8 Å². The predicted molar refractivity (Wildman–Crippen MR) is 65.3 cm³/mol. The van der Waals surface area contributed by atoms with Crippen molar-refractivity contribution in [3.63, 3.8) is 0 Å². The number of hydrogen-bond acceptors (Lipinski definition) is 2. The third kappa shape index (κ3) is 3.82. The van der Waals surface area contributed by atoms with Gasteiger partial charge in [0.2, 0.25) is 0 Å². The van der Waals surface area contributed by atoms with Gasteiger partial charge in [0.1, 0.15) is 11.6 Å². The molecule has 2 atom stereocenters. The number of alkyl halides is 3. The molecule has 112 valence electrons. The summed E-state index contributed by atoms with van der Waals surface area (Å²) in [5, 5.41) is 0. The first-order chi connectivity index (χ1) is 9.24. The summed E-state index contributed by atoms with van der Waals surface area (Å²) in [4.78, 5) is 1.39. The van der Waals surface area contributed by atoms with E-state index in [9.17, 15) is 22.0 Å². The monoisotopic (exact) mass is 294 g/mol. The van der Waals surface area contributed by atoms with E-state index in [0.717, 1.165) is 18.2 Å². The van der Waals surface area contributed by atoms with Crippen LogP contribution in [0.25, 0.3) is 0 Å². The molecule has 1 saturated heterocycles. The Balaban J connectivity index is 2.17. The summed E-state index contributed by atoms with van der Waals surface area (Å²) in [6.45, 7) is 0.238. The Morgan fingerprint density at radius 2 is 1.90 bits per heavy atom. The molecular formula is C13H15F5N2. The average molecular weight is 294 g/mol. The largest absolute Gasteiger partial charge is 0.389 e. The summed E-state index contributed by atoms with van der Waals surface area (Å²) < 4.78 is 64.2. The van der Waals surface area contributed by atoms with E-state index < -0.39 is 36.2 Å². The number of benzene rings is 1. The zero-order valence-corrected chi connectivity index (χ0v) is 10.6. The molecule has 20 heavy (non-hydrogen) atoms. The van der Waals surface area contributed by atoms with Crippen LogP contribution in [0.3, 0.4) is 0 Å². The van der Waals surface area contributed by atoms with Crippen LogP contribution in [0.2, 0.25) is 0 Å². The lowest BCUT2D eigenvalue weighted by Gasteiger charge is -2.38. The first kappa shape index (κ1) is 15.0. The molecule has 1 aromatic carbocycles. The van der Waals surface area contributed by atoms with Gasteiger partial charge in [0, 0.05) is 31.6 Å². The van der Waals surface area contributed by atoms with E-state index in [1.165, 1.54) is 4.90 Å². The van der Waals surface area contributed by atoms with Crippen LogP contribution in [0.4, 0.5) is 27.6 Å². The third-order valence-corrected chi connectivity index (χ3v) is 3.34. The Labute approximate surface area is 113 Å². The van der Waals surface area contributed by atoms with E-state index >= 15 is 0 Å². The molecule has 1 fully saturated rings. The van der Waals surface area contributed by atoms with Crippen LogP contribution in [0, 0.1) is 17.6 Å². The molecule has 1 aliphatic heterocycles. The molecule has 2 N–H and O–H groups in total. The average Bonchev–Trinajstić information content (AvgIpc) is 2.29. The van der Waals surface area contributed by atoms with Gasteiger partial charge >= 0.3 is 6.18 Å². The lowest BCUT2D eigenvalue weighted by Crippen LogP contribution is -2.48. The van der Waals surface area contributed by atoms with E-state index in [-0.39, 0.29) is 25.2 Å². The van der Waals surface area contributed by atoms with Crippen LogP contribution in [0.1, 0.15) is 12.8 Å². The molecule has 1 heterocycles. The molecule has 1 aliphatic rings. The maximum atomic E-state index is 13.7. The minimum absolute atomic E-state index is 0.0214. The van der Waals surface area contributed by atoms with Crippen LogP contribution in [0.5, 0.6) is 0 Å². The molecule has 2 nitrogen and oxygen atoms in total. The van der Waals surface area contributed by atoms with Gasteiger partial charge in [-0.05, 0) is 24.5 Å². The quantitative estimate of drug-likeness (QED) is 0.849. The number of piperidine rings is 1. The maximum Gasteiger partial charge on any atom is 0.389 e. The standard InChI is InChI=1S/C13H15F5N2/c14-9-1-2-11(15)12(4-9)20-6-8(3-10(19)7-20)5-13(16,17)18/h1-2,4,8,10H,3,5-7,19H2.